The molecule has 0 saturated carbocycles. The first kappa shape index (κ1) is 26.2. The standard InChI is InChI=1S/C24H33N3O5S/c1-5-25-24(29)19(3)26(17-16-20-12-8-7-9-13-20)23(28)18-27(33(4,30)31)21-14-10-11-15-22(21)32-6-2/h7-15,19H,5-6,16-18H2,1-4H3,(H,25,29)/t19-/m1/s1. The second-order valence-corrected chi connectivity index (χ2v) is 9.47. The van der Waals surface area contributed by atoms with Crippen LogP contribution in [0.2, 0.25) is 0 Å². The van der Waals surface area contributed by atoms with E-state index in [1.807, 2.05) is 30.3 Å². The number of anilines is 1. The van der Waals surface area contributed by atoms with Crippen molar-refractivity contribution >= 4 is 27.5 Å². The molecule has 0 aromatic heterocycles. The van der Waals surface area contributed by atoms with Gasteiger partial charge in [-0.15, -0.1) is 0 Å². The van der Waals surface area contributed by atoms with Crippen molar-refractivity contribution in [1.29, 1.82) is 0 Å². The number of carbonyl (C=O) groups excluding carboxylic acids is 2. The summed E-state index contributed by atoms with van der Waals surface area (Å²) in [6.45, 7) is 5.85. The summed E-state index contributed by atoms with van der Waals surface area (Å²) in [7, 11) is -3.81. The highest BCUT2D eigenvalue weighted by atomic mass is 32.2. The molecule has 180 valence electrons. The van der Waals surface area contributed by atoms with Gasteiger partial charge in [-0.3, -0.25) is 13.9 Å². The minimum Gasteiger partial charge on any atom is -0.492 e. The van der Waals surface area contributed by atoms with Gasteiger partial charge in [-0.1, -0.05) is 42.5 Å². The van der Waals surface area contributed by atoms with E-state index in [-0.39, 0.29) is 18.1 Å². The zero-order valence-corrected chi connectivity index (χ0v) is 20.5. The normalized spacial score (nSPS) is 12.0. The summed E-state index contributed by atoms with van der Waals surface area (Å²) < 4.78 is 31.9. The minimum absolute atomic E-state index is 0.270. The Kier molecular flexibility index (Phi) is 9.72. The summed E-state index contributed by atoms with van der Waals surface area (Å²) in [6, 6.07) is 15.5. The van der Waals surface area contributed by atoms with Gasteiger partial charge in [0, 0.05) is 13.1 Å². The van der Waals surface area contributed by atoms with Gasteiger partial charge in [-0.25, -0.2) is 8.42 Å². The maximum absolute atomic E-state index is 13.4. The number of nitrogens with zero attached hydrogens (tertiary/aromatic N) is 2. The van der Waals surface area contributed by atoms with Gasteiger partial charge in [-0.05, 0) is 44.9 Å². The third kappa shape index (κ3) is 7.49. The quantitative estimate of drug-likeness (QED) is 0.509. The fraction of sp³-hybridized carbons (Fsp3) is 0.417. The van der Waals surface area contributed by atoms with Gasteiger partial charge in [0.1, 0.15) is 18.3 Å². The molecule has 1 N–H and O–H groups in total. The lowest BCUT2D eigenvalue weighted by molar-refractivity contribution is -0.138. The Labute approximate surface area is 196 Å². The lowest BCUT2D eigenvalue weighted by atomic mass is 10.1. The van der Waals surface area contributed by atoms with Crippen LogP contribution in [-0.2, 0) is 26.0 Å². The molecule has 9 heteroatoms. The lowest BCUT2D eigenvalue weighted by Crippen LogP contribution is -2.52. The van der Waals surface area contributed by atoms with Crippen molar-refractivity contribution in [3.8, 4) is 5.75 Å². The average Bonchev–Trinajstić information content (AvgIpc) is 2.78. The predicted molar refractivity (Wildman–Crippen MR) is 130 cm³/mol. The van der Waals surface area contributed by atoms with Crippen molar-refractivity contribution < 1.29 is 22.7 Å². The van der Waals surface area contributed by atoms with Crippen molar-refractivity contribution in [1.82, 2.24) is 10.2 Å². The summed E-state index contributed by atoms with van der Waals surface area (Å²) in [5, 5.41) is 2.74. The summed E-state index contributed by atoms with van der Waals surface area (Å²) >= 11 is 0. The highest BCUT2D eigenvalue weighted by Crippen LogP contribution is 2.30. The van der Waals surface area contributed by atoms with Crippen molar-refractivity contribution in [3.63, 3.8) is 0 Å². The highest BCUT2D eigenvalue weighted by molar-refractivity contribution is 7.92. The number of carbonyl (C=O) groups is 2. The van der Waals surface area contributed by atoms with Gasteiger partial charge in [-0.2, -0.15) is 0 Å². The fourth-order valence-electron chi connectivity index (χ4n) is 3.43. The molecule has 0 heterocycles. The summed E-state index contributed by atoms with van der Waals surface area (Å²) in [4.78, 5) is 27.4. The smallest absolute Gasteiger partial charge is 0.244 e. The number of amides is 2. The van der Waals surface area contributed by atoms with Gasteiger partial charge >= 0.3 is 0 Å². The largest absolute Gasteiger partial charge is 0.492 e. The molecule has 2 rings (SSSR count). The first-order valence-electron chi connectivity index (χ1n) is 11.0. The summed E-state index contributed by atoms with van der Waals surface area (Å²) in [5.41, 5.74) is 1.30. The Balaban J connectivity index is 2.34. The Morgan fingerprint density at radius 3 is 2.27 bits per heavy atom. The van der Waals surface area contributed by atoms with Crippen molar-refractivity contribution in [3.05, 3.63) is 60.2 Å². The molecule has 0 aliphatic rings. The van der Waals surface area contributed by atoms with E-state index in [4.69, 9.17) is 4.74 Å². The fourth-order valence-corrected chi connectivity index (χ4v) is 4.28. The van der Waals surface area contributed by atoms with Gasteiger partial charge in [0.05, 0.1) is 18.6 Å². The van der Waals surface area contributed by atoms with E-state index in [9.17, 15) is 18.0 Å². The van der Waals surface area contributed by atoms with Crippen LogP contribution >= 0.6 is 0 Å². The number of ether oxygens (including phenoxy) is 1. The topological polar surface area (TPSA) is 96.0 Å². The molecule has 2 aromatic rings. The zero-order valence-electron chi connectivity index (χ0n) is 19.7. The molecule has 0 saturated heterocycles. The van der Waals surface area contributed by atoms with Gasteiger partial charge < -0.3 is 15.0 Å². The Morgan fingerprint density at radius 1 is 1.03 bits per heavy atom. The minimum atomic E-state index is -3.81. The van der Waals surface area contributed by atoms with Crippen LogP contribution in [0, 0.1) is 0 Å². The molecule has 0 aliphatic heterocycles. The maximum atomic E-state index is 13.4. The van der Waals surface area contributed by atoms with E-state index in [0.717, 1.165) is 16.1 Å². The molecule has 2 aromatic carbocycles. The molecule has 2 amide bonds. The van der Waals surface area contributed by atoms with Crippen molar-refractivity contribution in [2.45, 2.75) is 33.2 Å². The molecular formula is C24H33N3O5S. The zero-order chi connectivity index (χ0) is 24.4. The van der Waals surface area contributed by atoms with Crippen molar-refractivity contribution in [2.75, 3.05) is 36.8 Å². The molecule has 0 bridgehead atoms. The lowest BCUT2D eigenvalue weighted by Gasteiger charge is -2.31. The average molecular weight is 476 g/mol. The second-order valence-electron chi connectivity index (χ2n) is 7.56. The SMILES string of the molecule is CCNC(=O)[C@@H](C)N(CCc1ccccc1)C(=O)CN(c1ccccc1OCC)S(C)(=O)=O. The maximum Gasteiger partial charge on any atom is 0.244 e. The Hall–Kier alpha value is -3.07. The molecule has 0 aliphatic carbocycles. The highest BCUT2D eigenvalue weighted by Gasteiger charge is 2.30. The van der Waals surface area contributed by atoms with Crippen LogP contribution in [0.3, 0.4) is 0 Å². The van der Waals surface area contributed by atoms with Crippen LogP contribution < -0.4 is 14.4 Å². The van der Waals surface area contributed by atoms with Crippen LogP contribution in [0.1, 0.15) is 26.3 Å². The van der Waals surface area contributed by atoms with Crippen LogP contribution in [0.25, 0.3) is 0 Å². The number of hydrogen-bond acceptors (Lipinski definition) is 5. The van der Waals surface area contributed by atoms with E-state index in [1.54, 1.807) is 45.0 Å². The van der Waals surface area contributed by atoms with Gasteiger partial charge in [0.2, 0.25) is 21.8 Å². The first-order chi connectivity index (χ1) is 15.7. The molecule has 0 fully saturated rings. The summed E-state index contributed by atoms with van der Waals surface area (Å²) in [5.74, 6) is -0.397. The summed E-state index contributed by atoms with van der Waals surface area (Å²) in [6.07, 6.45) is 1.58. The third-order valence-electron chi connectivity index (χ3n) is 5.12. The molecule has 0 spiro atoms. The predicted octanol–water partition coefficient (Wildman–Crippen LogP) is 2.45. The molecule has 33 heavy (non-hydrogen) atoms. The molecular weight excluding hydrogens is 442 g/mol. The second kappa shape index (κ2) is 12.2. The van der Waals surface area contributed by atoms with E-state index in [0.29, 0.717) is 25.3 Å². The van der Waals surface area contributed by atoms with Crippen LogP contribution in [-0.4, -0.2) is 63.7 Å². The Bertz CT molecular complexity index is 1030. The number of hydrogen-bond donors (Lipinski definition) is 1. The van der Waals surface area contributed by atoms with E-state index in [1.165, 1.54) is 4.90 Å². The number of para-hydroxylation sites is 2. The number of rotatable bonds is 12. The van der Waals surface area contributed by atoms with E-state index >= 15 is 0 Å². The molecule has 8 nitrogen and oxygen atoms in total. The van der Waals surface area contributed by atoms with E-state index < -0.39 is 28.5 Å². The van der Waals surface area contributed by atoms with E-state index in [2.05, 4.69) is 5.32 Å². The van der Waals surface area contributed by atoms with Gasteiger partial charge in [0.15, 0.2) is 0 Å². The monoisotopic (exact) mass is 475 g/mol. The molecule has 0 radical (unpaired) electrons. The number of likely N-dealkylation sites (N-methyl/N-ethyl adjacent to an activating group) is 1. The molecule has 1 atom stereocenters. The Morgan fingerprint density at radius 2 is 1.67 bits per heavy atom. The number of sulfonamides is 1. The molecule has 0 unspecified atom stereocenters. The van der Waals surface area contributed by atoms with Crippen LogP contribution in [0.4, 0.5) is 5.69 Å². The van der Waals surface area contributed by atoms with Crippen molar-refractivity contribution in [2.24, 2.45) is 0 Å². The number of benzene rings is 2. The van der Waals surface area contributed by atoms with Gasteiger partial charge in [0.25, 0.3) is 0 Å². The van der Waals surface area contributed by atoms with Crippen LogP contribution in [0.15, 0.2) is 54.6 Å². The number of nitrogens with one attached hydrogen (secondary N) is 1. The third-order valence-corrected chi connectivity index (χ3v) is 6.24. The van der Waals surface area contributed by atoms with Crippen LogP contribution in [0.5, 0.6) is 5.75 Å². The first-order valence-corrected chi connectivity index (χ1v) is 12.8.